The van der Waals surface area contributed by atoms with Gasteiger partial charge in [-0.3, -0.25) is 14.4 Å². The van der Waals surface area contributed by atoms with Crippen LogP contribution in [0.4, 0.5) is 5.69 Å². The molecule has 0 unspecified atom stereocenters. The fourth-order valence-electron chi connectivity index (χ4n) is 2.76. The predicted molar refractivity (Wildman–Crippen MR) is 107 cm³/mol. The van der Waals surface area contributed by atoms with E-state index in [1.54, 1.807) is 26.0 Å². The third-order valence-corrected chi connectivity index (χ3v) is 4.55. The Morgan fingerprint density at radius 2 is 1.70 bits per heavy atom. The Hall–Kier alpha value is -2.89. The van der Waals surface area contributed by atoms with E-state index in [9.17, 15) is 14.4 Å². The van der Waals surface area contributed by atoms with Gasteiger partial charge in [-0.1, -0.05) is 38.1 Å². The van der Waals surface area contributed by atoms with E-state index in [0.717, 1.165) is 12.0 Å². The van der Waals surface area contributed by atoms with Gasteiger partial charge in [0.25, 0.3) is 5.56 Å². The van der Waals surface area contributed by atoms with Gasteiger partial charge in [0.2, 0.25) is 11.8 Å². The molecular weight excluding hydrogens is 342 g/mol. The van der Waals surface area contributed by atoms with Crippen molar-refractivity contribution in [2.24, 2.45) is 0 Å². The standard InChI is InChI=1S/C21H27N3O3/c1-5-16-8-10-17(11-9-16)15(4)22-20(26)13-24-14(3)7-12-18(21(24)27)23-19(25)6-2/h7-12,15H,5-6,13H2,1-4H3,(H,22,26)(H,23,25)/t15-/m0/s1. The maximum Gasteiger partial charge on any atom is 0.274 e. The highest BCUT2D eigenvalue weighted by molar-refractivity contribution is 5.90. The third kappa shape index (κ3) is 5.29. The number of aromatic nitrogens is 1. The first kappa shape index (κ1) is 20.4. The minimum absolute atomic E-state index is 0.0993. The molecule has 0 saturated heterocycles. The van der Waals surface area contributed by atoms with E-state index >= 15 is 0 Å². The molecule has 0 aliphatic rings. The van der Waals surface area contributed by atoms with Crippen molar-refractivity contribution in [3.05, 3.63) is 63.6 Å². The lowest BCUT2D eigenvalue weighted by Gasteiger charge is -2.17. The SMILES string of the molecule is CCC(=O)Nc1ccc(C)n(CC(=O)N[C@@H](C)c2ccc(CC)cc2)c1=O. The van der Waals surface area contributed by atoms with E-state index in [-0.39, 0.29) is 42.1 Å². The molecule has 0 spiro atoms. The first-order valence-electron chi connectivity index (χ1n) is 9.24. The second-order valence-electron chi connectivity index (χ2n) is 6.57. The number of amides is 2. The number of nitrogens with one attached hydrogen (secondary N) is 2. The average Bonchev–Trinajstić information content (AvgIpc) is 2.67. The number of hydrogen-bond donors (Lipinski definition) is 2. The van der Waals surface area contributed by atoms with Crippen LogP contribution in [0.1, 0.15) is 50.1 Å². The van der Waals surface area contributed by atoms with Gasteiger partial charge in [-0.15, -0.1) is 0 Å². The smallest absolute Gasteiger partial charge is 0.274 e. The number of nitrogens with zero attached hydrogens (tertiary/aromatic N) is 1. The molecule has 0 aliphatic carbocycles. The summed E-state index contributed by atoms with van der Waals surface area (Å²) in [7, 11) is 0. The summed E-state index contributed by atoms with van der Waals surface area (Å²) >= 11 is 0. The monoisotopic (exact) mass is 369 g/mol. The Morgan fingerprint density at radius 1 is 1.04 bits per heavy atom. The van der Waals surface area contributed by atoms with E-state index in [1.807, 2.05) is 31.2 Å². The van der Waals surface area contributed by atoms with Crippen LogP contribution >= 0.6 is 0 Å². The molecule has 0 bridgehead atoms. The van der Waals surface area contributed by atoms with E-state index < -0.39 is 0 Å². The number of carbonyl (C=O) groups is 2. The molecule has 1 aromatic heterocycles. The Labute approximate surface area is 159 Å². The fourth-order valence-corrected chi connectivity index (χ4v) is 2.76. The topological polar surface area (TPSA) is 80.2 Å². The zero-order valence-electron chi connectivity index (χ0n) is 16.3. The molecule has 0 saturated carbocycles. The van der Waals surface area contributed by atoms with Crippen LogP contribution in [-0.2, 0) is 22.6 Å². The van der Waals surface area contributed by atoms with Crippen LogP contribution in [0.5, 0.6) is 0 Å². The van der Waals surface area contributed by atoms with Gasteiger partial charge < -0.3 is 15.2 Å². The van der Waals surface area contributed by atoms with Crippen molar-refractivity contribution < 1.29 is 9.59 Å². The summed E-state index contributed by atoms with van der Waals surface area (Å²) in [5, 5.41) is 5.50. The molecule has 6 nitrogen and oxygen atoms in total. The summed E-state index contributed by atoms with van der Waals surface area (Å²) in [6.45, 7) is 7.37. The highest BCUT2D eigenvalue weighted by Gasteiger charge is 2.14. The third-order valence-electron chi connectivity index (χ3n) is 4.55. The summed E-state index contributed by atoms with van der Waals surface area (Å²) in [5.41, 5.74) is 2.71. The first-order valence-corrected chi connectivity index (χ1v) is 9.24. The second-order valence-corrected chi connectivity index (χ2v) is 6.57. The highest BCUT2D eigenvalue weighted by Crippen LogP contribution is 2.14. The van der Waals surface area contributed by atoms with Gasteiger partial charge in [-0.05, 0) is 43.5 Å². The molecule has 144 valence electrons. The Kier molecular flexibility index (Phi) is 6.93. The summed E-state index contributed by atoms with van der Waals surface area (Å²) in [6.07, 6.45) is 1.25. The van der Waals surface area contributed by atoms with Crippen LogP contribution in [0.25, 0.3) is 0 Å². The normalized spacial score (nSPS) is 11.7. The van der Waals surface area contributed by atoms with Crippen LogP contribution in [-0.4, -0.2) is 16.4 Å². The summed E-state index contributed by atoms with van der Waals surface area (Å²) in [4.78, 5) is 36.6. The second kappa shape index (κ2) is 9.16. The quantitative estimate of drug-likeness (QED) is 0.787. The van der Waals surface area contributed by atoms with E-state index in [1.165, 1.54) is 10.1 Å². The van der Waals surface area contributed by atoms with Crippen molar-refractivity contribution >= 4 is 17.5 Å². The number of carbonyl (C=O) groups excluding carboxylic acids is 2. The van der Waals surface area contributed by atoms with Crippen molar-refractivity contribution in [2.45, 2.75) is 53.1 Å². The average molecular weight is 369 g/mol. The van der Waals surface area contributed by atoms with Crippen LogP contribution in [0.15, 0.2) is 41.2 Å². The molecule has 2 amide bonds. The van der Waals surface area contributed by atoms with Crippen molar-refractivity contribution in [1.82, 2.24) is 9.88 Å². The van der Waals surface area contributed by atoms with Crippen LogP contribution in [0.3, 0.4) is 0 Å². The molecular formula is C21H27N3O3. The van der Waals surface area contributed by atoms with Gasteiger partial charge in [-0.25, -0.2) is 0 Å². The van der Waals surface area contributed by atoms with Gasteiger partial charge in [0.05, 0.1) is 6.04 Å². The molecule has 2 N–H and O–H groups in total. The van der Waals surface area contributed by atoms with Gasteiger partial charge in [0.15, 0.2) is 0 Å². The number of anilines is 1. The molecule has 0 aliphatic heterocycles. The van der Waals surface area contributed by atoms with Gasteiger partial charge in [0, 0.05) is 12.1 Å². The van der Waals surface area contributed by atoms with Crippen molar-refractivity contribution in [3.8, 4) is 0 Å². The molecule has 1 heterocycles. The Bertz CT molecular complexity index is 869. The number of rotatable bonds is 7. The lowest BCUT2D eigenvalue weighted by atomic mass is 10.1. The van der Waals surface area contributed by atoms with Crippen molar-refractivity contribution in [1.29, 1.82) is 0 Å². The lowest BCUT2D eigenvalue weighted by Crippen LogP contribution is -2.35. The van der Waals surface area contributed by atoms with E-state index in [0.29, 0.717) is 5.69 Å². The van der Waals surface area contributed by atoms with Crippen molar-refractivity contribution in [3.63, 3.8) is 0 Å². The maximum atomic E-state index is 12.6. The number of aryl methyl sites for hydroxylation is 2. The lowest BCUT2D eigenvalue weighted by molar-refractivity contribution is -0.122. The molecule has 6 heteroatoms. The van der Waals surface area contributed by atoms with Crippen LogP contribution in [0, 0.1) is 6.92 Å². The first-order chi connectivity index (χ1) is 12.8. The number of pyridine rings is 1. The van der Waals surface area contributed by atoms with Gasteiger partial charge >= 0.3 is 0 Å². The molecule has 1 atom stereocenters. The zero-order chi connectivity index (χ0) is 20.0. The summed E-state index contributed by atoms with van der Waals surface area (Å²) in [5.74, 6) is -0.498. The minimum Gasteiger partial charge on any atom is -0.348 e. The van der Waals surface area contributed by atoms with Crippen LogP contribution < -0.4 is 16.2 Å². The van der Waals surface area contributed by atoms with E-state index in [4.69, 9.17) is 0 Å². The van der Waals surface area contributed by atoms with E-state index in [2.05, 4.69) is 17.6 Å². The maximum absolute atomic E-state index is 12.6. The molecule has 27 heavy (non-hydrogen) atoms. The number of hydrogen-bond acceptors (Lipinski definition) is 3. The Balaban J connectivity index is 2.11. The summed E-state index contributed by atoms with van der Waals surface area (Å²) in [6, 6.07) is 11.2. The summed E-state index contributed by atoms with van der Waals surface area (Å²) < 4.78 is 1.37. The van der Waals surface area contributed by atoms with Gasteiger partial charge in [-0.2, -0.15) is 0 Å². The minimum atomic E-state index is -0.382. The largest absolute Gasteiger partial charge is 0.348 e. The Morgan fingerprint density at radius 3 is 2.30 bits per heavy atom. The molecule has 2 rings (SSSR count). The predicted octanol–water partition coefficient (Wildman–Crippen LogP) is 2.95. The highest BCUT2D eigenvalue weighted by atomic mass is 16.2. The molecule has 1 aromatic carbocycles. The van der Waals surface area contributed by atoms with Crippen LogP contribution in [0.2, 0.25) is 0 Å². The fraction of sp³-hybridized carbons (Fsp3) is 0.381. The molecule has 0 fully saturated rings. The molecule has 2 aromatic rings. The van der Waals surface area contributed by atoms with Gasteiger partial charge in [0.1, 0.15) is 12.2 Å². The number of benzene rings is 1. The molecule has 0 radical (unpaired) electrons. The van der Waals surface area contributed by atoms with Crippen molar-refractivity contribution in [2.75, 3.05) is 5.32 Å². The zero-order valence-corrected chi connectivity index (χ0v) is 16.3.